The first kappa shape index (κ1) is 13.1. The average Bonchev–Trinajstić information content (AvgIpc) is 1.84. The number of halogens is 1. The van der Waals surface area contributed by atoms with E-state index in [9.17, 15) is 0 Å². The Bertz CT molecular complexity index is 192. The molecule has 0 saturated carbocycles. The molecule has 0 saturated heterocycles. The molecule has 0 bridgehead atoms. The van der Waals surface area contributed by atoms with Crippen LogP contribution in [0.4, 0.5) is 0 Å². The fourth-order valence-corrected chi connectivity index (χ4v) is 0.540. The Hall–Kier alpha value is -0.510. The van der Waals surface area contributed by atoms with Crippen molar-refractivity contribution in [2.24, 2.45) is 0 Å². The average molecular weight is 217 g/mol. The van der Waals surface area contributed by atoms with Gasteiger partial charge in [0.25, 0.3) is 0 Å². The second-order valence-corrected chi connectivity index (χ2v) is 2.84. The molecule has 0 aliphatic carbocycles. The summed E-state index contributed by atoms with van der Waals surface area (Å²) in [6.07, 6.45) is 0. The molecule has 2 nitrogen and oxygen atoms in total. The topological polar surface area (TPSA) is 23.8 Å². The smallest absolute Gasteiger partial charge is 0.166 e. The summed E-state index contributed by atoms with van der Waals surface area (Å²) in [6, 6.07) is 2.12. The third-order valence-corrected chi connectivity index (χ3v) is 1.18. The summed E-state index contributed by atoms with van der Waals surface area (Å²) < 4.78 is 0.664. The van der Waals surface area contributed by atoms with E-state index in [1.54, 1.807) is 0 Å². The maximum atomic E-state index is 8.39. The first-order valence-electron chi connectivity index (χ1n) is 3.21. The van der Waals surface area contributed by atoms with Crippen LogP contribution in [-0.2, 0) is 0 Å². The third-order valence-electron chi connectivity index (χ3n) is 1.18. The lowest BCUT2D eigenvalue weighted by molar-refractivity contribution is -0.876. The van der Waals surface area contributed by atoms with E-state index in [4.69, 9.17) is 5.26 Å². The van der Waals surface area contributed by atoms with E-state index >= 15 is 0 Å². The van der Waals surface area contributed by atoms with Crippen LogP contribution in [0, 0.1) is 23.2 Å². The molecule has 0 spiro atoms. The van der Waals surface area contributed by atoms with Gasteiger partial charge >= 0.3 is 0 Å². The maximum Gasteiger partial charge on any atom is 0.166 e. The Kier molecular flexibility index (Phi) is 7.41. The Labute approximate surface area is 79.2 Å². The van der Waals surface area contributed by atoms with Gasteiger partial charge in [-0.3, -0.25) is 0 Å². The highest BCUT2D eigenvalue weighted by molar-refractivity contribution is 4.95. The molecule has 62 valence electrons. The summed E-state index contributed by atoms with van der Waals surface area (Å²) in [5, 5.41) is 8.39. The van der Waals surface area contributed by atoms with Gasteiger partial charge in [0.1, 0.15) is 12.6 Å². The molecule has 0 unspecified atom stereocenters. The highest BCUT2D eigenvalue weighted by Gasteiger charge is 2.10. The highest BCUT2D eigenvalue weighted by Crippen LogP contribution is 1.92. The molecule has 0 aromatic heterocycles. The van der Waals surface area contributed by atoms with Crippen molar-refractivity contribution in [3.63, 3.8) is 0 Å². The molecule has 0 aliphatic heterocycles. The second kappa shape index (κ2) is 6.22. The van der Waals surface area contributed by atoms with Gasteiger partial charge in [0, 0.05) is 0 Å². The highest BCUT2D eigenvalue weighted by atomic mass is 79.9. The molecular formula is C8H13BrN2. The normalized spacial score (nSPS) is 8.55. The van der Waals surface area contributed by atoms with E-state index in [-0.39, 0.29) is 17.0 Å². The van der Waals surface area contributed by atoms with E-state index in [2.05, 4.69) is 17.9 Å². The van der Waals surface area contributed by atoms with Crippen molar-refractivity contribution in [1.29, 1.82) is 5.26 Å². The van der Waals surface area contributed by atoms with Gasteiger partial charge in [-0.1, -0.05) is 0 Å². The van der Waals surface area contributed by atoms with Gasteiger partial charge in [0.05, 0.1) is 14.1 Å². The number of rotatable bonds is 2. The van der Waals surface area contributed by atoms with E-state index in [1.807, 2.05) is 21.0 Å². The van der Waals surface area contributed by atoms with Gasteiger partial charge in [-0.15, -0.1) is 5.92 Å². The minimum absolute atomic E-state index is 0. The van der Waals surface area contributed by atoms with E-state index in [1.165, 1.54) is 0 Å². The number of hydrogen-bond acceptors (Lipinski definition) is 1. The van der Waals surface area contributed by atoms with E-state index < -0.39 is 0 Å². The Morgan fingerprint density at radius 3 is 2.18 bits per heavy atom. The zero-order valence-electron chi connectivity index (χ0n) is 7.19. The SMILES string of the molecule is CC#CC[N+](C)(C)CC#N.[Br-]. The van der Waals surface area contributed by atoms with Crippen LogP contribution in [0.1, 0.15) is 6.92 Å². The predicted molar refractivity (Wildman–Crippen MR) is 40.9 cm³/mol. The molecule has 0 aromatic rings. The standard InChI is InChI=1S/C8H13N2.BrH/c1-4-5-7-10(2,3)8-6-9;/h7-8H2,1-3H3;1H/q+1;/p-1. The molecule has 0 rings (SSSR count). The van der Waals surface area contributed by atoms with Crippen LogP contribution < -0.4 is 17.0 Å². The van der Waals surface area contributed by atoms with Crippen LogP contribution in [0.15, 0.2) is 0 Å². The van der Waals surface area contributed by atoms with Gasteiger partial charge < -0.3 is 21.5 Å². The van der Waals surface area contributed by atoms with Crippen molar-refractivity contribution in [2.45, 2.75) is 6.92 Å². The van der Waals surface area contributed by atoms with Crippen LogP contribution in [0.5, 0.6) is 0 Å². The number of nitriles is 1. The van der Waals surface area contributed by atoms with Crippen molar-refractivity contribution < 1.29 is 21.5 Å². The van der Waals surface area contributed by atoms with Gasteiger partial charge in [-0.05, 0) is 12.8 Å². The molecule has 0 radical (unpaired) electrons. The lowest BCUT2D eigenvalue weighted by Crippen LogP contribution is -3.00. The third kappa shape index (κ3) is 7.39. The second-order valence-electron chi connectivity index (χ2n) is 2.84. The Morgan fingerprint density at radius 2 is 1.82 bits per heavy atom. The molecule has 0 atom stereocenters. The number of nitrogens with zero attached hydrogens (tertiary/aromatic N) is 2. The number of quaternary nitrogens is 1. The van der Waals surface area contributed by atoms with E-state index in [0.717, 1.165) is 6.54 Å². The summed E-state index contributed by atoms with van der Waals surface area (Å²) in [6.45, 7) is 3.09. The summed E-state index contributed by atoms with van der Waals surface area (Å²) in [4.78, 5) is 0. The summed E-state index contributed by atoms with van der Waals surface area (Å²) >= 11 is 0. The van der Waals surface area contributed by atoms with Crippen LogP contribution in [0.3, 0.4) is 0 Å². The van der Waals surface area contributed by atoms with Gasteiger partial charge in [-0.2, -0.15) is 5.26 Å². The zero-order valence-corrected chi connectivity index (χ0v) is 8.77. The molecule has 0 aliphatic rings. The predicted octanol–water partition coefficient (Wildman–Crippen LogP) is -2.39. The lowest BCUT2D eigenvalue weighted by atomic mass is 10.4. The Morgan fingerprint density at radius 1 is 1.27 bits per heavy atom. The minimum Gasteiger partial charge on any atom is -1.00 e. The fourth-order valence-electron chi connectivity index (χ4n) is 0.540. The monoisotopic (exact) mass is 216 g/mol. The van der Waals surface area contributed by atoms with Gasteiger partial charge in [0.15, 0.2) is 6.54 Å². The maximum absolute atomic E-state index is 8.39. The molecule has 0 amide bonds. The van der Waals surface area contributed by atoms with Crippen molar-refractivity contribution in [3.05, 3.63) is 0 Å². The lowest BCUT2D eigenvalue weighted by Gasteiger charge is -2.23. The number of hydrogen-bond donors (Lipinski definition) is 0. The van der Waals surface area contributed by atoms with Crippen LogP contribution in [-0.4, -0.2) is 31.7 Å². The molecule has 0 heterocycles. The first-order valence-corrected chi connectivity index (χ1v) is 3.21. The molecule has 0 N–H and O–H groups in total. The van der Waals surface area contributed by atoms with Crippen molar-refractivity contribution in [2.75, 3.05) is 27.2 Å². The van der Waals surface area contributed by atoms with Crippen molar-refractivity contribution in [3.8, 4) is 17.9 Å². The quantitative estimate of drug-likeness (QED) is 0.288. The Balaban J connectivity index is 0. The van der Waals surface area contributed by atoms with Crippen LogP contribution >= 0.6 is 0 Å². The molecular weight excluding hydrogens is 204 g/mol. The summed E-state index contributed by atoms with van der Waals surface area (Å²) in [5.41, 5.74) is 0. The fraction of sp³-hybridized carbons (Fsp3) is 0.625. The van der Waals surface area contributed by atoms with Gasteiger partial charge in [0.2, 0.25) is 0 Å². The van der Waals surface area contributed by atoms with E-state index in [0.29, 0.717) is 11.0 Å². The van der Waals surface area contributed by atoms with Crippen molar-refractivity contribution in [1.82, 2.24) is 0 Å². The van der Waals surface area contributed by atoms with Crippen LogP contribution in [0.2, 0.25) is 0 Å². The minimum atomic E-state index is 0. The molecule has 3 heteroatoms. The zero-order chi connectivity index (χ0) is 8.04. The summed E-state index contributed by atoms with van der Waals surface area (Å²) in [5.74, 6) is 5.75. The van der Waals surface area contributed by atoms with Crippen LogP contribution in [0.25, 0.3) is 0 Å². The summed E-state index contributed by atoms with van der Waals surface area (Å²) in [7, 11) is 3.99. The molecule has 0 aromatic carbocycles. The van der Waals surface area contributed by atoms with Gasteiger partial charge in [-0.25, -0.2) is 0 Å². The largest absolute Gasteiger partial charge is 1.00 e. The first-order chi connectivity index (χ1) is 4.62. The molecule has 11 heavy (non-hydrogen) atoms. The molecule has 0 fully saturated rings. The van der Waals surface area contributed by atoms with Crippen molar-refractivity contribution >= 4 is 0 Å².